The summed E-state index contributed by atoms with van der Waals surface area (Å²) in [7, 11) is 0. The zero-order chi connectivity index (χ0) is 9.97. The first kappa shape index (κ1) is 8.90. The SMILES string of the molecule is Nc1sccc1C(=O)c1ccncc1. The van der Waals surface area contributed by atoms with Gasteiger partial charge in [0.25, 0.3) is 0 Å². The molecule has 0 aliphatic rings. The van der Waals surface area contributed by atoms with Crippen LogP contribution in [0, 0.1) is 0 Å². The summed E-state index contributed by atoms with van der Waals surface area (Å²) in [6.45, 7) is 0. The van der Waals surface area contributed by atoms with Gasteiger partial charge in [0.1, 0.15) is 0 Å². The highest BCUT2D eigenvalue weighted by Gasteiger charge is 2.12. The van der Waals surface area contributed by atoms with Crippen LogP contribution in [-0.4, -0.2) is 10.8 Å². The number of nitrogen functional groups attached to an aromatic ring is 1. The molecule has 0 fully saturated rings. The van der Waals surface area contributed by atoms with E-state index in [0.29, 0.717) is 16.1 Å². The van der Waals surface area contributed by atoms with Gasteiger partial charge in [-0.1, -0.05) is 0 Å². The molecule has 70 valence electrons. The number of nitrogens with two attached hydrogens (primary N) is 1. The van der Waals surface area contributed by atoms with Gasteiger partial charge in [0.2, 0.25) is 0 Å². The molecular weight excluding hydrogens is 196 g/mol. The number of thiophene rings is 1. The normalized spacial score (nSPS) is 10.0. The minimum absolute atomic E-state index is 0.0499. The molecule has 2 aromatic heterocycles. The van der Waals surface area contributed by atoms with Crippen molar-refractivity contribution in [3.8, 4) is 0 Å². The molecule has 0 spiro atoms. The summed E-state index contributed by atoms with van der Waals surface area (Å²) in [5, 5.41) is 2.37. The number of anilines is 1. The van der Waals surface area contributed by atoms with E-state index in [9.17, 15) is 4.79 Å². The van der Waals surface area contributed by atoms with Gasteiger partial charge in [-0.2, -0.15) is 0 Å². The van der Waals surface area contributed by atoms with Crippen LogP contribution in [0.2, 0.25) is 0 Å². The lowest BCUT2D eigenvalue weighted by Gasteiger charge is -1.98. The van der Waals surface area contributed by atoms with Gasteiger partial charge in [-0.15, -0.1) is 11.3 Å². The molecule has 0 bridgehead atoms. The number of aromatic nitrogens is 1. The van der Waals surface area contributed by atoms with E-state index in [0.717, 1.165) is 0 Å². The minimum atomic E-state index is -0.0499. The zero-order valence-electron chi connectivity index (χ0n) is 7.31. The first-order valence-electron chi connectivity index (χ1n) is 4.07. The molecule has 2 aromatic rings. The van der Waals surface area contributed by atoms with Crippen LogP contribution in [0.25, 0.3) is 0 Å². The molecule has 0 amide bonds. The van der Waals surface area contributed by atoms with Gasteiger partial charge < -0.3 is 5.73 Å². The van der Waals surface area contributed by atoms with E-state index in [1.54, 1.807) is 30.6 Å². The molecule has 4 heteroatoms. The number of hydrogen-bond donors (Lipinski definition) is 1. The molecule has 14 heavy (non-hydrogen) atoms. The van der Waals surface area contributed by atoms with Crippen LogP contribution >= 0.6 is 11.3 Å². The van der Waals surface area contributed by atoms with Crippen molar-refractivity contribution in [3.63, 3.8) is 0 Å². The van der Waals surface area contributed by atoms with E-state index >= 15 is 0 Å². The Balaban J connectivity index is 2.39. The molecule has 0 aliphatic heterocycles. The van der Waals surface area contributed by atoms with Crippen LogP contribution in [0.5, 0.6) is 0 Å². The van der Waals surface area contributed by atoms with Gasteiger partial charge in [0.15, 0.2) is 5.78 Å². The van der Waals surface area contributed by atoms with Crippen molar-refractivity contribution in [3.05, 3.63) is 47.1 Å². The van der Waals surface area contributed by atoms with Crippen molar-refractivity contribution in [1.82, 2.24) is 4.98 Å². The van der Waals surface area contributed by atoms with Gasteiger partial charge in [-0.3, -0.25) is 9.78 Å². The second kappa shape index (κ2) is 3.59. The first-order chi connectivity index (χ1) is 6.79. The zero-order valence-corrected chi connectivity index (χ0v) is 8.12. The molecule has 2 N–H and O–H groups in total. The minimum Gasteiger partial charge on any atom is -0.390 e. The predicted octanol–water partition coefficient (Wildman–Crippen LogP) is 1.96. The largest absolute Gasteiger partial charge is 0.390 e. The van der Waals surface area contributed by atoms with Crippen molar-refractivity contribution >= 4 is 22.1 Å². The fourth-order valence-electron chi connectivity index (χ4n) is 1.17. The molecular formula is C10H8N2OS. The Labute approximate surface area is 85.2 Å². The molecule has 0 unspecified atom stereocenters. The lowest BCUT2D eigenvalue weighted by atomic mass is 10.1. The highest BCUT2D eigenvalue weighted by molar-refractivity contribution is 7.14. The van der Waals surface area contributed by atoms with Crippen molar-refractivity contribution in [2.45, 2.75) is 0 Å². The van der Waals surface area contributed by atoms with Gasteiger partial charge in [-0.05, 0) is 23.6 Å². The van der Waals surface area contributed by atoms with Gasteiger partial charge in [-0.25, -0.2) is 0 Å². The summed E-state index contributed by atoms with van der Waals surface area (Å²) in [5.74, 6) is -0.0499. The maximum absolute atomic E-state index is 11.8. The summed E-state index contributed by atoms with van der Waals surface area (Å²) >= 11 is 1.37. The van der Waals surface area contributed by atoms with Crippen LogP contribution in [-0.2, 0) is 0 Å². The summed E-state index contributed by atoms with van der Waals surface area (Å²) < 4.78 is 0. The fraction of sp³-hybridized carbons (Fsp3) is 0. The molecule has 3 nitrogen and oxygen atoms in total. The Hall–Kier alpha value is -1.68. The second-order valence-corrected chi connectivity index (χ2v) is 3.71. The average Bonchev–Trinajstić information content (AvgIpc) is 2.65. The Bertz CT molecular complexity index is 450. The first-order valence-corrected chi connectivity index (χ1v) is 4.94. The third-order valence-electron chi connectivity index (χ3n) is 1.88. The number of ketones is 1. The molecule has 0 aromatic carbocycles. The third kappa shape index (κ3) is 1.52. The van der Waals surface area contributed by atoms with Crippen LogP contribution in [0.15, 0.2) is 36.0 Å². The van der Waals surface area contributed by atoms with Gasteiger partial charge >= 0.3 is 0 Å². The van der Waals surface area contributed by atoms with Crippen molar-refractivity contribution in [2.24, 2.45) is 0 Å². The molecule has 2 heterocycles. The smallest absolute Gasteiger partial charge is 0.196 e. The van der Waals surface area contributed by atoms with Crippen molar-refractivity contribution in [2.75, 3.05) is 5.73 Å². The maximum atomic E-state index is 11.8. The molecule has 0 saturated heterocycles. The fourth-order valence-corrected chi connectivity index (χ4v) is 1.81. The van der Waals surface area contributed by atoms with Gasteiger partial charge in [0, 0.05) is 18.0 Å². The number of rotatable bonds is 2. The Morgan fingerprint density at radius 2 is 2.00 bits per heavy atom. The summed E-state index contributed by atoms with van der Waals surface area (Å²) in [6.07, 6.45) is 3.19. The molecule has 0 atom stereocenters. The quantitative estimate of drug-likeness (QED) is 0.761. The van der Waals surface area contributed by atoms with E-state index in [-0.39, 0.29) is 5.78 Å². The molecule has 0 radical (unpaired) electrons. The van der Waals surface area contributed by atoms with E-state index in [1.165, 1.54) is 11.3 Å². The average molecular weight is 204 g/mol. The number of nitrogens with zero attached hydrogens (tertiary/aromatic N) is 1. The van der Waals surface area contributed by atoms with E-state index in [4.69, 9.17) is 5.73 Å². The standard InChI is InChI=1S/C10H8N2OS/c11-10-8(3-6-14-10)9(13)7-1-4-12-5-2-7/h1-6H,11H2. The summed E-state index contributed by atoms with van der Waals surface area (Å²) in [4.78, 5) is 15.7. The van der Waals surface area contributed by atoms with Crippen molar-refractivity contribution in [1.29, 1.82) is 0 Å². The number of pyridine rings is 1. The summed E-state index contributed by atoms with van der Waals surface area (Å²) in [5.41, 5.74) is 6.85. The van der Waals surface area contributed by atoms with Crippen molar-refractivity contribution < 1.29 is 4.79 Å². The summed E-state index contributed by atoms with van der Waals surface area (Å²) in [6, 6.07) is 5.10. The second-order valence-electron chi connectivity index (χ2n) is 2.76. The Kier molecular flexibility index (Phi) is 2.28. The molecule has 0 aliphatic carbocycles. The number of carbonyl (C=O) groups is 1. The topological polar surface area (TPSA) is 56.0 Å². The third-order valence-corrected chi connectivity index (χ3v) is 2.63. The Morgan fingerprint density at radius 1 is 1.29 bits per heavy atom. The maximum Gasteiger partial charge on any atom is 0.196 e. The van der Waals surface area contributed by atoms with Crippen LogP contribution < -0.4 is 5.73 Å². The monoisotopic (exact) mass is 204 g/mol. The lowest BCUT2D eigenvalue weighted by Crippen LogP contribution is -2.02. The number of carbonyl (C=O) groups excluding carboxylic acids is 1. The van der Waals surface area contributed by atoms with Crippen LogP contribution in [0.3, 0.4) is 0 Å². The van der Waals surface area contributed by atoms with E-state index in [1.807, 2.05) is 5.38 Å². The Morgan fingerprint density at radius 3 is 2.57 bits per heavy atom. The van der Waals surface area contributed by atoms with E-state index < -0.39 is 0 Å². The molecule has 0 saturated carbocycles. The number of hydrogen-bond acceptors (Lipinski definition) is 4. The van der Waals surface area contributed by atoms with Gasteiger partial charge in [0.05, 0.1) is 10.6 Å². The van der Waals surface area contributed by atoms with E-state index in [2.05, 4.69) is 4.98 Å². The predicted molar refractivity (Wildman–Crippen MR) is 56.4 cm³/mol. The molecule has 2 rings (SSSR count). The highest BCUT2D eigenvalue weighted by atomic mass is 32.1. The lowest BCUT2D eigenvalue weighted by molar-refractivity contribution is 0.104. The van der Waals surface area contributed by atoms with Crippen LogP contribution in [0.1, 0.15) is 15.9 Å². The highest BCUT2D eigenvalue weighted by Crippen LogP contribution is 2.21. The van der Waals surface area contributed by atoms with Crippen LogP contribution in [0.4, 0.5) is 5.00 Å².